The van der Waals surface area contributed by atoms with Crippen molar-refractivity contribution in [3.63, 3.8) is 0 Å². The van der Waals surface area contributed by atoms with Crippen LogP contribution in [0, 0.1) is 0 Å². The Kier molecular flexibility index (Phi) is 6.29. The number of carbonyl (C=O) groups excluding carboxylic acids is 2. The van der Waals surface area contributed by atoms with Crippen LogP contribution >= 0.6 is 22.9 Å². The topological polar surface area (TPSA) is 89.8 Å². The minimum atomic E-state index is -0.418. The molecule has 0 unspecified atom stereocenters. The van der Waals surface area contributed by atoms with Crippen LogP contribution in [0.5, 0.6) is 0 Å². The van der Waals surface area contributed by atoms with Crippen LogP contribution in [-0.2, 0) is 16.1 Å². The number of rotatable bonds is 7. The van der Waals surface area contributed by atoms with Crippen molar-refractivity contribution < 1.29 is 14.3 Å². The number of halogens is 1. The third kappa shape index (κ3) is 4.92. The van der Waals surface area contributed by atoms with Gasteiger partial charge in [0.15, 0.2) is 4.96 Å². The molecule has 0 aliphatic carbocycles. The molecular weight excluding hydrogens is 438 g/mol. The molecule has 0 fully saturated rings. The minimum Gasteiger partial charge on any atom is -0.459 e. The van der Waals surface area contributed by atoms with Crippen molar-refractivity contribution in [2.24, 2.45) is 0 Å². The Morgan fingerprint density at radius 2 is 1.90 bits per heavy atom. The van der Waals surface area contributed by atoms with E-state index in [-0.39, 0.29) is 24.5 Å². The number of amides is 1. The first-order valence-electron chi connectivity index (χ1n) is 9.61. The van der Waals surface area contributed by atoms with E-state index in [0.29, 0.717) is 34.2 Å². The summed E-state index contributed by atoms with van der Waals surface area (Å²) in [6.45, 7) is 0.264. The van der Waals surface area contributed by atoms with E-state index in [4.69, 9.17) is 16.3 Å². The number of nitrogens with one attached hydrogen (secondary N) is 1. The molecule has 7 nitrogen and oxygen atoms in total. The van der Waals surface area contributed by atoms with Crippen molar-refractivity contribution in [2.75, 3.05) is 6.54 Å². The standard InChI is InChI=1S/C22H18ClN3O4S/c23-15-9-7-14(8-10-15)21(29)24-11-3-6-20(28)30-13-16-12-19(27)26-17-4-1-2-5-18(17)31-22(26)25-16/h1-2,4-5,7-10,12H,3,6,11,13H2,(H,24,29). The number of hydrogen-bond acceptors (Lipinski definition) is 6. The van der Waals surface area contributed by atoms with Crippen molar-refractivity contribution in [3.05, 3.63) is 81.2 Å². The molecular formula is C22H18ClN3O4S. The average Bonchev–Trinajstić information content (AvgIpc) is 3.14. The van der Waals surface area contributed by atoms with E-state index in [1.54, 1.807) is 28.7 Å². The van der Waals surface area contributed by atoms with Crippen LogP contribution in [0.25, 0.3) is 15.2 Å². The van der Waals surface area contributed by atoms with E-state index in [1.165, 1.54) is 17.4 Å². The Balaban J connectivity index is 1.27. The zero-order valence-corrected chi connectivity index (χ0v) is 17.9. The minimum absolute atomic E-state index is 0.0735. The van der Waals surface area contributed by atoms with Crippen molar-refractivity contribution in [3.8, 4) is 0 Å². The third-order valence-electron chi connectivity index (χ3n) is 4.58. The number of thiazole rings is 1. The number of para-hydroxylation sites is 1. The molecule has 31 heavy (non-hydrogen) atoms. The molecule has 0 radical (unpaired) electrons. The van der Waals surface area contributed by atoms with Crippen LogP contribution < -0.4 is 10.9 Å². The summed E-state index contributed by atoms with van der Waals surface area (Å²) in [6.07, 6.45) is 0.578. The Labute approximate surface area is 186 Å². The fourth-order valence-electron chi connectivity index (χ4n) is 3.06. The normalized spacial score (nSPS) is 11.0. The van der Waals surface area contributed by atoms with Crippen LogP contribution in [0.4, 0.5) is 0 Å². The summed E-state index contributed by atoms with van der Waals surface area (Å²) < 4.78 is 7.75. The fraction of sp³-hybridized carbons (Fsp3) is 0.182. The first kappa shape index (κ1) is 21.0. The van der Waals surface area contributed by atoms with Gasteiger partial charge in [-0.1, -0.05) is 35.1 Å². The number of esters is 1. The van der Waals surface area contributed by atoms with E-state index in [1.807, 2.05) is 24.3 Å². The van der Waals surface area contributed by atoms with Crippen molar-refractivity contribution >= 4 is 50.0 Å². The maximum absolute atomic E-state index is 12.5. The first-order chi connectivity index (χ1) is 15.0. The van der Waals surface area contributed by atoms with Crippen LogP contribution in [0.2, 0.25) is 5.02 Å². The lowest BCUT2D eigenvalue weighted by molar-refractivity contribution is -0.145. The highest BCUT2D eigenvalue weighted by Crippen LogP contribution is 2.23. The molecule has 0 saturated heterocycles. The smallest absolute Gasteiger partial charge is 0.306 e. The van der Waals surface area contributed by atoms with Gasteiger partial charge in [-0.05, 0) is 42.8 Å². The third-order valence-corrected chi connectivity index (χ3v) is 5.85. The van der Waals surface area contributed by atoms with Crippen LogP contribution in [0.15, 0.2) is 59.4 Å². The second-order valence-corrected chi connectivity index (χ2v) is 8.25. The second kappa shape index (κ2) is 9.28. The van der Waals surface area contributed by atoms with Gasteiger partial charge >= 0.3 is 5.97 Å². The predicted molar refractivity (Wildman–Crippen MR) is 120 cm³/mol. The van der Waals surface area contributed by atoms with Gasteiger partial charge in [-0.15, -0.1) is 0 Å². The van der Waals surface area contributed by atoms with E-state index in [2.05, 4.69) is 10.3 Å². The zero-order chi connectivity index (χ0) is 21.8. The van der Waals surface area contributed by atoms with Gasteiger partial charge in [0, 0.05) is 29.6 Å². The lowest BCUT2D eigenvalue weighted by Crippen LogP contribution is -2.25. The molecule has 158 valence electrons. The molecule has 0 saturated carbocycles. The van der Waals surface area contributed by atoms with Gasteiger partial charge in [-0.2, -0.15) is 0 Å². The second-order valence-electron chi connectivity index (χ2n) is 6.80. The quantitative estimate of drug-likeness (QED) is 0.338. The number of carbonyl (C=O) groups is 2. The fourth-order valence-corrected chi connectivity index (χ4v) is 4.24. The van der Waals surface area contributed by atoms with Gasteiger partial charge < -0.3 is 10.1 Å². The Bertz CT molecular complexity index is 1310. The number of hydrogen-bond donors (Lipinski definition) is 1. The summed E-state index contributed by atoms with van der Waals surface area (Å²) in [5, 5.41) is 3.30. The number of ether oxygens (including phenoxy) is 1. The van der Waals surface area contributed by atoms with Crippen LogP contribution in [0.3, 0.4) is 0 Å². The van der Waals surface area contributed by atoms with Gasteiger partial charge in [0.1, 0.15) is 6.61 Å². The molecule has 1 N–H and O–H groups in total. The molecule has 4 rings (SSSR count). The maximum Gasteiger partial charge on any atom is 0.306 e. The number of fused-ring (bicyclic) bond motifs is 3. The van der Waals surface area contributed by atoms with Crippen molar-refractivity contribution in [1.82, 2.24) is 14.7 Å². The van der Waals surface area contributed by atoms with Crippen molar-refractivity contribution in [2.45, 2.75) is 19.4 Å². The SMILES string of the molecule is O=C(CCCNC(=O)c1ccc(Cl)cc1)OCc1cc(=O)n2c(n1)sc1ccccc12. The molecule has 2 aromatic heterocycles. The van der Waals surface area contributed by atoms with E-state index < -0.39 is 5.97 Å². The molecule has 2 aromatic carbocycles. The van der Waals surface area contributed by atoms with Gasteiger partial charge in [0.2, 0.25) is 0 Å². The molecule has 0 aliphatic rings. The van der Waals surface area contributed by atoms with Crippen LogP contribution in [-0.4, -0.2) is 27.8 Å². The summed E-state index contributed by atoms with van der Waals surface area (Å²) >= 11 is 7.21. The summed E-state index contributed by atoms with van der Waals surface area (Å²) in [5.74, 6) is -0.648. The van der Waals surface area contributed by atoms with E-state index in [0.717, 1.165) is 10.2 Å². The summed E-state index contributed by atoms with van der Waals surface area (Å²) in [4.78, 5) is 41.5. The molecule has 1 amide bonds. The number of aromatic nitrogens is 2. The highest BCUT2D eigenvalue weighted by molar-refractivity contribution is 7.23. The highest BCUT2D eigenvalue weighted by Gasteiger charge is 2.11. The van der Waals surface area contributed by atoms with Gasteiger partial charge in [0.05, 0.1) is 15.9 Å². The Hall–Kier alpha value is -3.23. The molecule has 0 atom stereocenters. The largest absolute Gasteiger partial charge is 0.459 e. The molecule has 0 spiro atoms. The Morgan fingerprint density at radius 3 is 2.71 bits per heavy atom. The molecule has 0 aliphatic heterocycles. The monoisotopic (exact) mass is 455 g/mol. The predicted octanol–water partition coefficient (Wildman–Crippen LogP) is 3.82. The molecule has 4 aromatic rings. The molecule has 0 bridgehead atoms. The lowest BCUT2D eigenvalue weighted by Gasteiger charge is -2.06. The zero-order valence-electron chi connectivity index (χ0n) is 16.3. The highest BCUT2D eigenvalue weighted by atomic mass is 35.5. The van der Waals surface area contributed by atoms with E-state index >= 15 is 0 Å². The van der Waals surface area contributed by atoms with Gasteiger partial charge in [-0.3, -0.25) is 18.8 Å². The Morgan fingerprint density at radius 1 is 1.13 bits per heavy atom. The van der Waals surface area contributed by atoms with E-state index in [9.17, 15) is 14.4 Å². The number of benzene rings is 2. The summed E-state index contributed by atoms with van der Waals surface area (Å²) in [7, 11) is 0. The lowest BCUT2D eigenvalue weighted by atomic mass is 10.2. The van der Waals surface area contributed by atoms with Crippen molar-refractivity contribution in [1.29, 1.82) is 0 Å². The molecule has 2 heterocycles. The van der Waals surface area contributed by atoms with Crippen LogP contribution in [0.1, 0.15) is 28.9 Å². The average molecular weight is 456 g/mol. The molecule has 9 heteroatoms. The van der Waals surface area contributed by atoms with Gasteiger partial charge in [-0.25, -0.2) is 4.98 Å². The summed E-state index contributed by atoms with van der Waals surface area (Å²) in [5.41, 5.74) is 1.50. The summed E-state index contributed by atoms with van der Waals surface area (Å²) in [6, 6.07) is 15.5. The van der Waals surface area contributed by atoms with Gasteiger partial charge in [0.25, 0.3) is 11.5 Å². The maximum atomic E-state index is 12.5. The number of nitrogens with zero attached hydrogens (tertiary/aromatic N) is 2. The first-order valence-corrected chi connectivity index (χ1v) is 10.8.